The lowest BCUT2D eigenvalue weighted by atomic mass is 9.85. The van der Waals surface area contributed by atoms with Gasteiger partial charge in [0, 0.05) is 5.56 Å². The molecule has 17 heavy (non-hydrogen) atoms. The van der Waals surface area contributed by atoms with E-state index in [0.717, 1.165) is 37.8 Å². The summed E-state index contributed by atoms with van der Waals surface area (Å²) in [5.74, 6) is 0.264. The molecule has 0 spiro atoms. The van der Waals surface area contributed by atoms with Gasteiger partial charge in [0.2, 0.25) is 0 Å². The summed E-state index contributed by atoms with van der Waals surface area (Å²) in [6.07, 6.45) is 3.97. The number of carbonyl (C=O) groups is 1. The first-order valence-corrected chi connectivity index (χ1v) is 6.60. The lowest BCUT2D eigenvalue weighted by molar-refractivity contribution is 0.0864. The monoisotopic (exact) mass is 231 g/mol. The molecule has 1 aliphatic heterocycles. The van der Waals surface area contributed by atoms with E-state index in [1.54, 1.807) is 0 Å². The summed E-state index contributed by atoms with van der Waals surface area (Å²) in [4.78, 5) is 12.5. The van der Waals surface area contributed by atoms with E-state index in [0.29, 0.717) is 0 Å². The van der Waals surface area contributed by atoms with Crippen LogP contribution in [0, 0.1) is 0 Å². The van der Waals surface area contributed by atoms with Crippen LogP contribution < -0.4 is 5.32 Å². The molecule has 2 rings (SSSR count). The van der Waals surface area contributed by atoms with Crippen molar-refractivity contribution in [3.63, 3.8) is 0 Å². The van der Waals surface area contributed by atoms with E-state index >= 15 is 0 Å². The molecule has 0 bridgehead atoms. The molecule has 92 valence electrons. The highest BCUT2D eigenvalue weighted by atomic mass is 16.1. The third-order valence-corrected chi connectivity index (χ3v) is 3.91. The van der Waals surface area contributed by atoms with E-state index in [1.807, 2.05) is 12.1 Å². The number of Topliss-reactive ketones (excluding diaryl/α,β-unsaturated/α-hetero) is 1. The van der Waals surface area contributed by atoms with Crippen LogP contribution in [-0.4, -0.2) is 17.9 Å². The minimum absolute atomic E-state index is 0.264. The predicted molar refractivity (Wildman–Crippen MR) is 70.4 cm³/mol. The summed E-state index contributed by atoms with van der Waals surface area (Å²) in [6, 6.07) is 8.06. The molecule has 1 fully saturated rings. The smallest absolute Gasteiger partial charge is 0.182 e. The fourth-order valence-corrected chi connectivity index (χ4v) is 2.63. The van der Waals surface area contributed by atoms with Crippen molar-refractivity contribution < 1.29 is 4.79 Å². The maximum Gasteiger partial charge on any atom is 0.182 e. The van der Waals surface area contributed by atoms with Crippen LogP contribution in [0.5, 0.6) is 0 Å². The Morgan fingerprint density at radius 3 is 2.47 bits per heavy atom. The zero-order valence-electron chi connectivity index (χ0n) is 10.8. The van der Waals surface area contributed by atoms with Crippen molar-refractivity contribution in [2.45, 2.75) is 45.1 Å². The summed E-state index contributed by atoms with van der Waals surface area (Å²) >= 11 is 0. The summed E-state index contributed by atoms with van der Waals surface area (Å²) < 4.78 is 0. The van der Waals surface area contributed by atoms with Crippen molar-refractivity contribution in [1.29, 1.82) is 0 Å². The van der Waals surface area contributed by atoms with E-state index in [9.17, 15) is 4.79 Å². The highest BCUT2D eigenvalue weighted by molar-refractivity contribution is 6.03. The quantitative estimate of drug-likeness (QED) is 0.807. The van der Waals surface area contributed by atoms with Gasteiger partial charge in [0.1, 0.15) is 0 Å². The number of ketones is 1. The first kappa shape index (κ1) is 12.3. The Balaban J connectivity index is 2.23. The molecule has 0 aromatic heterocycles. The van der Waals surface area contributed by atoms with E-state index in [4.69, 9.17) is 0 Å². The van der Waals surface area contributed by atoms with E-state index in [1.165, 1.54) is 5.56 Å². The van der Waals surface area contributed by atoms with Gasteiger partial charge < -0.3 is 5.32 Å². The van der Waals surface area contributed by atoms with Crippen molar-refractivity contribution in [1.82, 2.24) is 5.32 Å². The number of hydrogen-bond donors (Lipinski definition) is 1. The number of rotatable bonds is 4. The number of carbonyl (C=O) groups excluding carboxylic acids is 1. The Hall–Kier alpha value is -1.15. The molecule has 1 saturated heterocycles. The Bertz CT molecular complexity index is 388. The van der Waals surface area contributed by atoms with E-state index < -0.39 is 0 Å². The molecule has 2 nitrogen and oxygen atoms in total. The van der Waals surface area contributed by atoms with Gasteiger partial charge >= 0.3 is 0 Å². The molecule has 1 aliphatic rings. The Morgan fingerprint density at radius 2 is 2.00 bits per heavy atom. The molecule has 0 radical (unpaired) electrons. The number of aryl methyl sites for hydroxylation is 1. The van der Waals surface area contributed by atoms with Crippen LogP contribution in [0.1, 0.15) is 49.0 Å². The minimum Gasteiger partial charge on any atom is -0.305 e. The maximum atomic E-state index is 12.5. The van der Waals surface area contributed by atoms with Gasteiger partial charge in [-0.1, -0.05) is 38.1 Å². The highest BCUT2D eigenvalue weighted by Crippen LogP contribution is 2.27. The van der Waals surface area contributed by atoms with Crippen LogP contribution in [0.15, 0.2) is 24.3 Å². The largest absolute Gasteiger partial charge is 0.305 e. The minimum atomic E-state index is -0.298. The lowest BCUT2D eigenvalue weighted by Crippen LogP contribution is -2.46. The molecule has 1 N–H and O–H groups in total. The molecular weight excluding hydrogens is 210 g/mol. The average Bonchev–Trinajstić information content (AvgIpc) is 2.88. The number of benzene rings is 1. The first-order valence-electron chi connectivity index (χ1n) is 6.60. The van der Waals surface area contributed by atoms with Crippen LogP contribution in [0.2, 0.25) is 0 Å². The summed E-state index contributed by atoms with van der Waals surface area (Å²) in [5, 5.41) is 3.40. The standard InChI is InChI=1S/C15H21NO/c1-3-12-6-8-13(9-7-12)14(17)15(4-2)10-5-11-16-15/h6-9,16H,3-5,10-11H2,1-2H3. The Labute approximate surface area is 103 Å². The molecule has 0 amide bonds. The van der Waals surface area contributed by atoms with E-state index in [2.05, 4.69) is 31.3 Å². The van der Waals surface area contributed by atoms with Crippen LogP contribution in [0.4, 0.5) is 0 Å². The van der Waals surface area contributed by atoms with Crippen LogP contribution >= 0.6 is 0 Å². The zero-order chi connectivity index (χ0) is 12.3. The zero-order valence-corrected chi connectivity index (χ0v) is 10.8. The van der Waals surface area contributed by atoms with Crippen molar-refractivity contribution in [2.75, 3.05) is 6.54 Å². The molecule has 1 aromatic rings. The van der Waals surface area contributed by atoms with Crippen LogP contribution in [0.3, 0.4) is 0 Å². The van der Waals surface area contributed by atoms with Gasteiger partial charge in [-0.15, -0.1) is 0 Å². The Kier molecular flexibility index (Phi) is 3.63. The maximum absolute atomic E-state index is 12.5. The molecule has 0 saturated carbocycles. The molecule has 0 aliphatic carbocycles. The summed E-state index contributed by atoms with van der Waals surface area (Å²) in [5.41, 5.74) is 1.83. The average molecular weight is 231 g/mol. The van der Waals surface area contributed by atoms with Gasteiger partial charge in [0.15, 0.2) is 5.78 Å². The van der Waals surface area contributed by atoms with Crippen LogP contribution in [-0.2, 0) is 6.42 Å². The van der Waals surface area contributed by atoms with Gasteiger partial charge in [-0.2, -0.15) is 0 Å². The van der Waals surface area contributed by atoms with Gasteiger partial charge in [-0.05, 0) is 37.8 Å². The van der Waals surface area contributed by atoms with Gasteiger partial charge in [0.05, 0.1) is 5.54 Å². The third kappa shape index (κ3) is 2.27. The fraction of sp³-hybridized carbons (Fsp3) is 0.533. The Morgan fingerprint density at radius 1 is 1.29 bits per heavy atom. The molecule has 1 atom stereocenters. The summed E-state index contributed by atoms with van der Waals surface area (Å²) in [6.45, 7) is 5.19. The van der Waals surface area contributed by atoms with Crippen molar-refractivity contribution in [2.24, 2.45) is 0 Å². The van der Waals surface area contributed by atoms with E-state index in [-0.39, 0.29) is 11.3 Å². The lowest BCUT2D eigenvalue weighted by Gasteiger charge is -2.26. The van der Waals surface area contributed by atoms with Gasteiger partial charge in [-0.3, -0.25) is 4.79 Å². The third-order valence-electron chi connectivity index (χ3n) is 3.91. The van der Waals surface area contributed by atoms with Crippen molar-refractivity contribution in [3.05, 3.63) is 35.4 Å². The highest BCUT2D eigenvalue weighted by Gasteiger charge is 2.39. The fourth-order valence-electron chi connectivity index (χ4n) is 2.63. The summed E-state index contributed by atoms with van der Waals surface area (Å²) in [7, 11) is 0. The second-order valence-electron chi connectivity index (χ2n) is 4.85. The van der Waals surface area contributed by atoms with Crippen LogP contribution in [0.25, 0.3) is 0 Å². The topological polar surface area (TPSA) is 29.1 Å². The molecule has 1 heterocycles. The predicted octanol–water partition coefficient (Wildman–Crippen LogP) is 2.96. The molecule has 1 aromatic carbocycles. The second-order valence-corrected chi connectivity index (χ2v) is 4.85. The normalized spacial score (nSPS) is 23.9. The SMILES string of the molecule is CCc1ccc(C(=O)C2(CC)CCCN2)cc1. The molecular formula is C15H21NO. The second kappa shape index (κ2) is 5.01. The number of nitrogens with one attached hydrogen (secondary N) is 1. The van der Waals surface area contributed by atoms with Crippen molar-refractivity contribution in [3.8, 4) is 0 Å². The van der Waals surface area contributed by atoms with Gasteiger partial charge in [-0.25, -0.2) is 0 Å². The van der Waals surface area contributed by atoms with Crippen molar-refractivity contribution >= 4 is 5.78 Å². The molecule has 2 heteroatoms. The number of hydrogen-bond acceptors (Lipinski definition) is 2. The van der Waals surface area contributed by atoms with Gasteiger partial charge in [0.25, 0.3) is 0 Å². The first-order chi connectivity index (χ1) is 8.22. The molecule has 1 unspecified atom stereocenters.